The molecule has 3 nitrogen and oxygen atoms in total. The van der Waals surface area contributed by atoms with Crippen LogP contribution in [0.4, 0.5) is 0 Å². The minimum absolute atomic E-state index is 0.112. The normalized spacial score (nSPS) is 11.6. The molecule has 0 amide bonds. The molecule has 0 saturated carbocycles. The zero-order valence-corrected chi connectivity index (χ0v) is 21.3. The van der Waals surface area contributed by atoms with Gasteiger partial charge >= 0.3 is 0 Å². The van der Waals surface area contributed by atoms with E-state index in [4.69, 9.17) is 23.2 Å². The molecule has 0 aliphatic rings. The molecule has 3 aromatic rings. The van der Waals surface area contributed by atoms with Crippen molar-refractivity contribution in [1.82, 2.24) is 4.57 Å². The fourth-order valence-corrected chi connectivity index (χ4v) is 4.46. The van der Waals surface area contributed by atoms with Gasteiger partial charge in [-0.2, -0.15) is 0 Å². The molecule has 0 saturated heterocycles. The third-order valence-corrected chi connectivity index (χ3v) is 6.47. The number of aryl methyl sites for hydroxylation is 3. The number of benzene rings is 2. The maximum atomic E-state index is 12.9. The van der Waals surface area contributed by atoms with Crippen molar-refractivity contribution < 1.29 is 4.79 Å². The average molecular weight is 484 g/mol. The van der Waals surface area contributed by atoms with Crippen molar-refractivity contribution in [2.45, 2.75) is 59.9 Å². The SMILES string of the molecule is CCc1cccc(CCc2c(Cl)cc(Cl)c(=O)n2CCc2ccc(C(=O)C(C)(C)C)cc2)c1. The first kappa shape index (κ1) is 25.3. The molecule has 3 rings (SSSR count). The molecule has 1 heterocycles. The van der Waals surface area contributed by atoms with E-state index in [2.05, 4.69) is 31.2 Å². The van der Waals surface area contributed by atoms with Gasteiger partial charge in [-0.25, -0.2) is 0 Å². The van der Waals surface area contributed by atoms with Gasteiger partial charge in [-0.05, 0) is 48.4 Å². The van der Waals surface area contributed by atoms with Crippen molar-refractivity contribution >= 4 is 29.0 Å². The summed E-state index contributed by atoms with van der Waals surface area (Å²) in [5.74, 6) is 0.112. The van der Waals surface area contributed by atoms with E-state index >= 15 is 0 Å². The first-order chi connectivity index (χ1) is 15.6. The topological polar surface area (TPSA) is 39.1 Å². The summed E-state index contributed by atoms with van der Waals surface area (Å²) in [6, 6.07) is 17.7. The lowest BCUT2D eigenvalue weighted by atomic mass is 9.86. The van der Waals surface area contributed by atoms with E-state index in [9.17, 15) is 9.59 Å². The van der Waals surface area contributed by atoms with E-state index in [0.29, 0.717) is 30.0 Å². The minimum atomic E-state index is -0.419. The Morgan fingerprint density at radius 2 is 1.52 bits per heavy atom. The highest BCUT2D eigenvalue weighted by Gasteiger charge is 2.22. The fourth-order valence-electron chi connectivity index (χ4n) is 3.89. The van der Waals surface area contributed by atoms with E-state index in [0.717, 1.165) is 24.1 Å². The molecule has 0 unspecified atom stereocenters. The third kappa shape index (κ3) is 6.37. The number of halogens is 2. The molecule has 174 valence electrons. The van der Waals surface area contributed by atoms with Gasteiger partial charge in [-0.15, -0.1) is 0 Å². The Bertz CT molecular complexity index is 1190. The molecule has 1 aromatic heterocycles. The Morgan fingerprint density at radius 3 is 2.15 bits per heavy atom. The molecule has 0 bridgehead atoms. The predicted octanol–water partition coefficient (Wildman–Crippen LogP) is 6.97. The van der Waals surface area contributed by atoms with Crippen LogP contribution in [0.3, 0.4) is 0 Å². The maximum Gasteiger partial charge on any atom is 0.269 e. The van der Waals surface area contributed by atoms with Crippen molar-refractivity contribution in [3.63, 3.8) is 0 Å². The van der Waals surface area contributed by atoms with Crippen LogP contribution in [0.1, 0.15) is 60.4 Å². The van der Waals surface area contributed by atoms with Crippen molar-refractivity contribution in [2.24, 2.45) is 5.41 Å². The highest BCUT2D eigenvalue weighted by atomic mass is 35.5. The summed E-state index contributed by atoms with van der Waals surface area (Å²) in [5.41, 5.74) is 4.41. The van der Waals surface area contributed by atoms with Gasteiger partial charge in [0.05, 0.1) is 5.02 Å². The largest absolute Gasteiger partial charge is 0.310 e. The first-order valence-corrected chi connectivity index (χ1v) is 12.1. The van der Waals surface area contributed by atoms with Gasteiger partial charge < -0.3 is 4.57 Å². The summed E-state index contributed by atoms with van der Waals surface area (Å²) < 4.78 is 1.70. The number of carbonyl (C=O) groups is 1. The van der Waals surface area contributed by atoms with Gasteiger partial charge in [0.1, 0.15) is 5.02 Å². The van der Waals surface area contributed by atoms with Gasteiger partial charge in [0, 0.05) is 23.2 Å². The maximum absolute atomic E-state index is 12.9. The average Bonchev–Trinajstić information content (AvgIpc) is 2.79. The second-order valence-corrected chi connectivity index (χ2v) is 10.3. The fraction of sp³-hybridized carbons (Fsp3) is 0.357. The third-order valence-electron chi connectivity index (χ3n) is 5.88. The molecule has 0 aliphatic heterocycles. The number of ketones is 1. The van der Waals surface area contributed by atoms with Crippen LogP contribution < -0.4 is 5.56 Å². The van der Waals surface area contributed by atoms with Crippen molar-refractivity contribution in [1.29, 1.82) is 0 Å². The first-order valence-electron chi connectivity index (χ1n) is 11.4. The lowest BCUT2D eigenvalue weighted by molar-refractivity contribution is 0.0858. The molecule has 5 heteroatoms. The summed E-state index contributed by atoms with van der Waals surface area (Å²) >= 11 is 12.7. The van der Waals surface area contributed by atoms with E-state index in [-0.39, 0.29) is 16.4 Å². The Balaban J connectivity index is 1.79. The lowest BCUT2D eigenvalue weighted by Crippen LogP contribution is -2.26. The Morgan fingerprint density at radius 1 is 0.848 bits per heavy atom. The zero-order chi connectivity index (χ0) is 24.2. The molecular weight excluding hydrogens is 453 g/mol. The van der Waals surface area contributed by atoms with Gasteiger partial charge in [-0.1, -0.05) is 99.4 Å². The molecule has 0 atom stereocenters. The number of rotatable bonds is 8. The predicted molar refractivity (Wildman–Crippen MR) is 138 cm³/mol. The number of carbonyl (C=O) groups excluding carboxylic acids is 1. The molecule has 2 aromatic carbocycles. The summed E-state index contributed by atoms with van der Waals surface area (Å²) in [4.78, 5) is 25.3. The van der Waals surface area contributed by atoms with E-state index in [1.807, 2.05) is 45.0 Å². The second kappa shape index (κ2) is 10.7. The van der Waals surface area contributed by atoms with E-state index < -0.39 is 5.41 Å². The van der Waals surface area contributed by atoms with E-state index in [1.54, 1.807) is 10.6 Å². The van der Waals surface area contributed by atoms with Crippen molar-refractivity contribution in [3.8, 4) is 0 Å². The van der Waals surface area contributed by atoms with Crippen LogP contribution in [0.25, 0.3) is 0 Å². The molecule has 0 aliphatic carbocycles. The monoisotopic (exact) mass is 483 g/mol. The number of pyridine rings is 1. The number of nitrogens with zero attached hydrogens (tertiary/aromatic N) is 1. The van der Waals surface area contributed by atoms with Crippen LogP contribution in [-0.4, -0.2) is 10.4 Å². The van der Waals surface area contributed by atoms with E-state index in [1.165, 1.54) is 11.1 Å². The van der Waals surface area contributed by atoms with Crippen LogP contribution in [0.5, 0.6) is 0 Å². The number of Topliss-reactive ketones (excluding diaryl/α,β-unsaturated/α-hetero) is 1. The molecule has 0 spiro atoms. The minimum Gasteiger partial charge on any atom is -0.310 e. The molecule has 0 fully saturated rings. The highest BCUT2D eigenvalue weighted by Crippen LogP contribution is 2.23. The molecule has 0 radical (unpaired) electrons. The van der Waals surface area contributed by atoms with Crippen LogP contribution in [0.2, 0.25) is 10.0 Å². The summed E-state index contributed by atoms with van der Waals surface area (Å²) in [6.07, 6.45) is 3.06. The lowest BCUT2D eigenvalue weighted by Gasteiger charge is -2.17. The Hall–Kier alpha value is -2.36. The number of hydrogen-bond acceptors (Lipinski definition) is 2. The standard InChI is InChI=1S/C28H31Cl2NO2/c1-5-19-7-6-8-21(17-19)11-14-25-23(29)18-24(30)27(33)31(25)16-15-20-9-12-22(13-10-20)26(32)28(2,3)4/h6-10,12-13,17-18H,5,11,14-16H2,1-4H3. The molecule has 0 N–H and O–H groups in total. The quantitative estimate of drug-likeness (QED) is 0.324. The highest BCUT2D eigenvalue weighted by molar-refractivity contribution is 6.34. The van der Waals surface area contributed by atoms with Gasteiger partial charge in [-0.3, -0.25) is 9.59 Å². The number of hydrogen-bond donors (Lipinski definition) is 0. The summed E-state index contributed by atoms with van der Waals surface area (Å²) in [5, 5.41) is 0.639. The van der Waals surface area contributed by atoms with Crippen LogP contribution >= 0.6 is 23.2 Å². The van der Waals surface area contributed by atoms with Gasteiger partial charge in [0.2, 0.25) is 0 Å². The van der Waals surface area contributed by atoms with Crippen LogP contribution in [0, 0.1) is 5.41 Å². The summed E-state index contributed by atoms with van der Waals surface area (Å²) in [7, 11) is 0. The zero-order valence-electron chi connectivity index (χ0n) is 19.8. The smallest absolute Gasteiger partial charge is 0.269 e. The van der Waals surface area contributed by atoms with Crippen molar-refractivity contribution in [3.05, 3.63) is 103 Å². The number of aromatic nitrogens is 1. The Kier molecular flexibility index (Phi) is 8.20. The molecular formula is C28H31Cl2NO2. The van der Waals surface area contributed by atoms with Crippen molar-refractivity contribution in [2.75, 3.05) is 0 Å². The summed E-state index contributed by atoms with van der Waals surface area (Å²) in [6.45, 7) is 8.35. The van der Waals surface area contributed by atoms with Gasteiger partial charge in [0.25, 0.3) is 5.56 Å². The van der Waals surface area contributed by atoms with Crippen LogP contribution in [0.15, 0.2) is 59.4 Å². The van der Waals surface area contributed by atoms with Gasteiger partial charge in [0.15, 0.2) is 5.78 Å². The molecule has 33 heavy (non-hydrogen) atoms. The second-order valence-electron chi connectivity index (χ2n) is 9.44. The Labute approximate surface area is 206 Å². The van der Waals surface area contributed by atoms with Crippen LogP contribution in [-0.2, 0) is 32.2 Å².